The number of nitrogens with one attached hydrogen (secondary N) is 1. The first-order valence-electron chi connectivity index (χ1n) is 6.67. The summed E-state index contributed by atoms with van der Waals surface area (Å²) in [4.78, 5) is 12.2. The predicted octanol–water partition coefficient (Wildman–Crippen LogP) is 2.47. The van der Waals surface area contributed by atoms with E-state index in [4.69, 9.17) is 16.7 Å². The van der Waals surface area contributed by atoms with Crippen molar-refractivity contribution < 1.29 is 9.90 Å². The molecule has 1 saturated carbocycles. The summed E-state index contributed by atoms with van der Waals surface area (Å²) in [5.74, 6) is 0.0743. The summed E-state index contributed by atoms with van der Waals surface area (Å²) in [5.41, 5.74) is 1.03. The van der Waals surface area contributed by atoms with Crippen molar-refractivity contribution in [3.63, 3.8) is 0 Å². The normalized spacial score (nSPS) is 20.3. The average Bonchev–Trinajstić information content (AvgIpc) is 3.15. The zero-order valence-corrected chi connectivity index (χ0v) is 12.7. The Balaban J connectivity index is 1.61. The summed E-state index contributed by atoms with van der Waals surface area (Å²) in [6, 6.07) is 7.62. The number of aliphatic hydroxyl groups is 1. The van der Waals surface area contributed by atoms with Crippen molar-refractivity contribution in [1.82, 2.24) is 10.2 Å². The van der Waals surface area contributed by atoms with Crippen LogP contribution in [0.15, 0.2) is 24.3 Å². The number of amides is 1. The highest BCUT2D eigenvalue weighted by atomic mass is 35.5. The van der Waals surface area contributed by atoms with E-state index < -0.39 is 0 Å². The van der Waals surface area contributed by atoms with Crippen molar-refractivity contribution >= 4 is 34.0 Å². The Bertz CT molecular complexity index is 661. The van der Waals surface area contributed by atoms with Gasteiger partial charge >= 0.3 is 0 Å². The molecular weight excluding hydrogens is 310 g/mol. The molecule has 110 valence electrons. The maximum atomic E-state index is 12.2. The molecule has 0 unspecified atom stereocenters. The maximum Gasteiger partial charge on any atom is 0.229 e. The summed E-state index contributed by atoms with van der Waals surface area (Å²) in [6.07, 6.45) is 1.26. The van der Waals surface area contributed by atoms with Crippen LogP contribution in [-0.4, -0.2) is 27.8 Å². The number of benzene rings is 1. The van der Waals surface area contributed by atoms with Gasteiger partial charge in [0.2, 0.25) is 11.0 Å². The van der Waals surface area contributed by atoms with Crippen molar-refractivity contribution in [2.45, 2.75) is 18.8 Å². The second-order valence-corrected chi connectivity index (χ2v) is 6.40. The van der Waals surface area contributed by atoms with Gasteiger partial charge in [-0.1, -0.05) is 41.1 Å². The van der Waals surface area contributed by atoms with Gasteiger partial charge in [0.1, 0.15) is 5.01 Å². The number of carbonyl (C=O) groups is 1. The number of carbonyl (C=O) groups excluding carboxylic acids is 1. The first kappa shape index (κ1) is 14.4. The summed E-state index contributed by atoms with van der Waals surface area (Å²) in [6.45, 7) is 0.0276. The number of anilines is 1. The van der Waals surface area contributed by atoms with E-state index in [9.17, 15) is 4.79 Å². The standard InChI is InChI=1S/C14H14ClN3O2S/c15-11-4-2-1-3-8(11)9-7-10(9)13(20)16-14-18-17-12(21-14)5-6-19/h1-4,9-10,19H,5-7H2,(H,16,18,20)/t9-,10+/m0/s1. The second kappa shape index (κ2) is 6.09. The molecule has 0 spiro atoms. The van der Waals surface area contributed by atoms with Gasteiger partial charge in [-0.2, -0.15) is 0 Å². The molecule has 1 fully saturated rings. The van der Waals surface area contributed by atoms with E-state index in [1.54, 1.807) is 0 Å². The fraction of sp³-hybridized carbons (Fsp3) is 0.357. The van der Waals surface area contributed by atoms with Crippen LogP contribution < -0.4 is 5.32 Å². The van der Waals surface area contributed by atoms with Gasteiger partial charge in [-0.05, 0) is 24.0 Å². The molecule has 3 rings (SSSR count). The number of nitrogens with zero attached hydrogens (tertiary/aromatic N) is 2. The third kappa shape index (κ3) is 3.23. The molecule has 0 aliphatic heterocycles. The molecule has 1 amide bonds. The van der Waals surface area contributed by atoms with Crippen LogP contribution in [0.4, 0.5) is 5.13 Å². The van der Waals surface area contributed by atoms with Crippen molar-refractivity contribution in [3.8, 4) is 0 Å². The van der Waals surface area contributed by atoms with Crippen LogP contribution in [0.5, 0.6) is 0 Å². The van der Waals surface area contributed by atoms with Crippen LogP contribution in [0.2, 0.25) is 5.02 Å². The van der Waals surface area contributed by atoms with E-state index in [1.165, 1.54) is 11.3 Å². The van der Waals surface area contributed by atoms with E-state index in [2.05, 4.69) is 15.5 Å². The van der Waals surface area contributed by atoms with E-state index in [-0.39, 0.29) is 24.3 Å². The number of rotatable bonds is 5. The average molecular weight is 324 g/mol. The summed E-state index contributed by atoms with van der Waals surface area (Å²) >= 11 is 7.44. The van der Waals surface area contributed by atoms with Gasteiger partial charge in [0.05, 0.1) is 0 Å². The fourth-order valence-corrected chi connectivity index (χ4v) is 3.31. The Morgan fingerprint density at radius 3 is 3.00 bits per heavy atom. The molecule has 1 heterocycles. The molecule has 2 N–H and O–H groups in total. The van der Waals surface area contributed by atoms with Crippen molar-refractivity contribution in [2.24, 2.45) is 5.92 Å². The minimum atomic E-state index is -0.0601. The lowest BCUT2D eigenvalue weighted by Crippen LogP contribution is -2.14. The van der Waals surface area contributed by atoms with Crippen LogP contribution in [0.1, 0.15) is 22.9 Å². The van der Waals surface area contributed by atoms with Crippen LogP contribution in [-0.2, 0) is 11.2 Å². The number of hydrogen-bond acceptors (Lipinski definition) is 5. The zero-order chi connectivity index (χ0) is 14.8. The SMILES string of the molecule is O=C(Nc1nnc(CCO)s1)[C@@H]1C[C@H]1c1ccccc1Cl. The van der Waals surface area contributed by atoms with Crippen LogP contribution >= 0.6 is 22.9 Å². The van der Waals surface area contributed by atoms with Crippen molar-refractivity contribution in [3.05, 3.63) is 39.9 Å². The van der Waals surface area contributed by atoms with E-state index in [0.717, 1.165) is 12.0 Å². The van der Waals surface area contributed by atoms with E-state index in [1.807, 2.05) is 24.3 Å². The highest BCUT2D eigenvalue weighted by molar-refractivity contribution is 7.15. The lowest BCUT2D eigenvalue weighted by Gasteiger charge is -2.03. The highest BCUT2D eigenvalue weighted by Gasteiger charge is 2.45. The molecule has 2 aromatic rings. The fourth-order valence-electron chi connectivity index (χ4n) is 2.30. The summed E-state index contributed by atoms with van der Waals surface area (Å²) in [7, 11) is 0. The van der Waals surface area contributed by atoms with Crippen LogP contribution in [0.25, 0.3) is 0 Å². The number of aromatic nitrogens is 2. The van der Waals surface area contributed by atoms with Gasteiger partial charge in [0.25, 0.3) is 0 Å². The lowest BCUT2D eigenvalue weighted by molar-refractivity contribution is -0.117. The molecule has 21 heavy (non-hydrogen) atoms. The third-order valence-corrected chi connectivity index (χ3v) is 4.70. The molecule has 2 atom stereocenters. The maximum absolute atomic E-state index is 12.2. The molecule has 7 heteroatoms. The van der Waals surface area contributed by atoms with Gasteiger partial charge in [-0.15, -0.1) is 10.2 Å². The minimum absolute atomic E-state index is 0.0276. The molecule has 1 aliphatic rings. The van der Waals surface area contributed by atoms with E-state index in [0.29, 0.717) is 21.6 Å². The van der Waals surface area contributed by atoms with Gasteiger partial charge in [-0.25, -0.2) is 0 Å². The minimum Gasteiger partial charge on any atom is -0.396 e. The Kier molecular flexibility index (Phi) is 4.19. The molecular formula is C14H14ClN3O2S. The molecule has 0 radical (unpaired) electrons. The van der Waals surface area contributed by atoms with Gasteiger partial charge in [-0.3, -0.25) is 4.79 Å². The zero-order valence-electron chi connectivity index (χ0n) is 11.1. The quantitative estimate of drug-likeness (QED) is 0.886. The van der Waals surface area contributed by atoms with Crippen LogP contribution in [0, 0.1) is 5.92 Å². The Hall–Kier alpha value is -1.50. The molecule has 0 bridgehead atoms. The van der Waals surface area contributed by atoms with Crippen LogP contribution in [0.3, 0.4) is 0 Å². The monoisotopic (exact) mass is 323 g/mol. The largest absolute Gasteiger partial charge is 0.396 e. The Morgan fingerprint density at radius 1 is 1.43 bits per heavy atom. The first-order valence-corrected chi connectivity index (χ1v) is 7.87. The molecule has 5 nitrogen and oxygen atoms in total. The van der Waals surface area contributed by atoms with Gasteiger partial charge < -0.3 is 10.4 Å². The third-order valence-electron chi connectivity index (χ3n) is 3.45. The topological polar surface area (TPSA) is 75.1 Å². The number of aliphatic hydroxyl groups excluding tert-OH is 1. The van der Waals surface area contributed by atoms with Crippen molar-refractivity contribution in [2.75, 3.05) is 11.9 Å². The van der Waals surface area contributed by atoms with Crippen molar-refractivity contribution in [1.29, 1.82) is 0 Å². The highest BCUT2D eigenvalue weighted by Crippen LogP contribution is 2.50. The predicted molar refractivity (Wildman–Crippen MR) is 81.6 cm³/mol. The van der Waals surface area contributed by atoms with Gasteiger partial charge in [0.15, 0.2) is 0 Å². The smallest absolute Gasteiger partial charge is 0.229 e. The lowest BCUT2D eigenvalue weighted by atomic mass is 10.1. The summed E-state index contributed by atoms with van der Waals surface area (Å²) in [5, 5.41) is 21.3. The molecule has 0 saturated heterocycles. The summed E-state index contributed by atoms with van der Waals surface area (Å²) < 4.78 is 0. The number of hydrogen-bond donors (Lipinski definition) is 2. The molecule has 1 aromatic heterocycles. The number of halogens is 1. The van der Waals surface area contributed by atoms with E-state index >= 15 is 0 Å². The first-order chi connectivity index (χ1) is 10.2. The molecule has 1 aromatic carbocycles. The Labute approximate surface area is 131 Å². The van der Waals surface area contributed by atoms with Gasteiger partial charge in [0, 0.05) is 24.0 Å². The molecule has 1 aliphatic carbocycles. The Morgan fingerprint density at radius 2 is 2.24 bits per heavy atom. The second-order valence-electron chi connectivity index (χ2n) is 4.93.